The second-order valence-corrected chi connectivity index (χ2v) is 6.33. The van der Waals surface area contributed by atoms with Crippen molar-refractivity contribution in [1.29, 1.82) is 0 Å². The molecule has 132 valence electrons. The van der Waals surface area contributed by atoms with Crippen LogP contribution in [-0.4, -0.2) is 46.1 Å². The molecule has 2 heterocycles. The van der Waals surface area contributed by atoms with E-state index in [1.165, 1.54) is 6.20 Å². The zero-order chi connectivity index (χ0) is 18.1. The first-order valence-electron chi connectivity index (χ1n) is 7.85. The largest absolute Gasteiger partial charge is 0.501 e. The highest BCUT2D eigenvalue weighted by molar-refractivity contribution is 6.36. The molecule has 0 radical (unpaired) electrons. The third kappa shape index (κ3) is 3.05. The van der Waals surface area contributed by atoms with Gasteiger partial charge in [0.15, 0.2) is 0 Å². The molecule has 2 amide bonds. The molecule has 0 aliphatic carbocycles. The molecule has 0 atom stereocenters. The standard InChI is InChI=1S/C16H17ClN4O4/c1-18-16(23)20-6-3-9(4-7-20)10-2-5-19-14-13(10)11(17)8-12(15(14)22)21(24)25/h2,5,8-9,22H,3-4,6-7H2,1H3,(H,18,23). The topological polar surface area (TPSA) is 109 Å². The molecule has 0 spiro atoms. The second-order valence-electron chi connectivity index (χ2n) is 5.92. The lowest BCUT2D eigenvalue weighted by molar-refractivity contribution is -0.385. The van der Waals surface area contributed by atoms with E-state index < -0.39 is 16.4 Å². The maximum atomic E-state index is 11.7. The molecule has 25 heavy (non-hydrogen) atoms. The number of nitro groups is 1. The fourth-order valence-electron chi connectivity index (χ4n) is 3.32. The SMILES string of the molecule is CNC(=O)N1CCC(c2ccnc3c(O)c([N+](=O)[O-])cc(Cl)c23)CC1. The predicted octanol–water partition coefficient (Wildman–Crippen LogP) is 3.02. The van der Waals surface area contributed by atoms with Crippen LogP contribution in [0.3, 0.4) is 0 Å². The number of amides is 2. The number of rotatable bonds is 2. The van der Waals surface area contributed by atoms with Crippen molar-refractivity contribution in [3.8, 4) is 5.75 Å². The van der Waals surface area contributed by atoms with Gasteiger partial charge in [0.2, 0.25) is 5.75 Å². The molecule has 0 unspecified atom stereocenters. The van der Waals surface area contributed by atoms with Gasteiger partial charge >= 0.3 is 11.7 Å². The highest BCUT2D eigenvalue weighted by Gasteiger charge is 2.27. The Morgan fingerprint density at radius 3 is 2.76 bits per heavy atom. The van der Waals surface area contributed by atoms with Crippen LogP contribution in [0.25, 0.3) is 10.9 Å². The summed E-state index contributed by atoms with van der Waals surface area (Å²) >= 11 is 6.27. The van der Waals surface area contributed by atoms with Crippen LogP contribution in [0.1, 0.15) is 24.3 Å². The minimum atomic E-state index is -0.684. The summed E-state index contributed by atoms with van der Waals surface area (Å²) in [6.07, 6.45) is 2.99. The molecule has 1 aromatic carbocycles. The van der Waals surface area contributed by atoms with Crippen molar-refractivity contribution in [1.82, 2.24) is 15.2 Å². The minimum absolute atomic E-state index is 0.107. The molecule has 0 bridgehead atoms. The van der Waals surface area contributed by atoms with Gasteiger partial charge in [-0.3, -0.25) is 15.1 Å². The van der Waals surface area contributed by atoms with Crippen molar-refractivity contribution in [2.45, 2.75) is 18.8 Å². The summed E-state index contributed by atoms with van der Waals surface area (Å²) in [4.78, 5) is 27.9. The Labute approximate surface area is 148 Å². The lowest BCUT2D eigenvalue weighted by Gasteiger charge is -2.32. The number of nitro benzene ring substituents is 1. The number of hydrogen-bond donors (Lipinski definition) is 2. The first-order valence-corrected chi connectivity index (χ1v) is 8.23. The first-order chi connectivity index (χ1) is 11.9. The molecule has 1 aliphatic rings. The number of piperidine rings is 1. The average molecular weight is 365 g/mol. The number of carbonyl (C=O) groups excluding carboxylic acids is 1. The number of aromatic nitrogens is 1. The van der Waals surface area contributed by atoms with E-state index in [9.17, 15) is 20.0 Å². The number of hydrogen-bond acceptors (Lipinski definition) is 5. The molecule has 8 nitrogen and oxygen atoms in total. The molecule has 9 heteroatoms. The Bertz CT molecular complexity index is 850. The molecule has 1 aromatic heterocycles. The normalized spacial score (nSPS) is 15.4. The van der Waals surface area contributed by atoms with Crippen molar-refractivity contribution >= 4 is 34.2 Å². The van der Waals surface area contributed by atoms with Crippen molar-refractivity contribution in [2.24, 2.45) is 0 Å². The van der Waals surface area contributed by atoms with Gasteiger partial charge in [0.25, 0.3) is 0 Å². The van der Waals surface area contributed by atoms with E-state index in [2.05, 4.69) is 10.3 Å². The molecular weight excluding hydrogens is 348 g/mol. The van der Waals surface area contributed by atoms with Crippen LogP contribution in [0, 0.1) is 10.1 Å². The molecule has 2 N–H and O–H groups in total. The Balaban J connectivity index is 2.00. The van der Waals surface area contributed by atoms with Gasteiger partial charge in [-0.05, 0) is 30.4 Å². The summed E-state index contributed by atoms with van der Waals surface area (Å²) in [5.41, 5.74) is 0.554. The van der Waals surface area contributed by atoms with E-state index >= 15 is 0 Å². The van der Waals surface area contributed by atoms with E-state index in [-0.39, 0.29) is 22.5 Å². The summed E-state index contributed by atoms with van der Waals surface area (Å²) < 4.78 is 0. The molecule has 1 aliphatic heterocycles. The van der Waals surface area contributed by atoms with Gasteiger partial charge in [-0.1, -0.05) is 11.6 Å². The fraction of sp³-hybridized carbons (Fsp3) is 0.375. The summed E-state index contributed by atoms with van der Waals surface area (Å²) in [5, 5.41) is 24.6. The predicted molar refractivity (Wildman–Crippen MR) is 93.1 cm³/mol. The molecule has 0 saturated carbocycles. The lowest BCUT2D eigenvalue weighted by Crippen LogP contribution is -2.42. The number of carbonyl (C=O) groups is 1. The van der Waals surface area contributed by atoms with Crippen LogP contribution < -0.4 is 5.32 Å². The molecular formula is C16H17ClN4O4. The van der Waals surface area contributed by atoms with Gasteiger partial charge in [-0.15, -0.1) is 0 Å². The third-order valence-corrected chi connectivity index (χ3v) is 4.88. The van der Waals surface area contributed by atoms with Gasteiger partial charge in [-0.2, -0.15) is 0 Å². The monoisotopic (exact) mass is 364 g/mol. The lowest BCUT2D eigenvalue weighted by atomic mass is 9.87. The van der Waals surface area contributed by atoms with E-state index in [4.69, 9.17) is 11.6 Å². The highest BCUT2D eigenvalue weighted by atomic mass is 35.5. The zero-order valence-corrected chi connectivity index (χ0v) is 14.3. The van der Waals surface area contributed by atoms with Crippen LogP contribution in [0.2, 0.25) is 5.02 Å². The van der Waals surface area contributed by atoms with Gasteiger partial charge in [0.1, 0.15) is 5.52 Å². The van der Waals surface area contributed by atoms with E-state index in [1.807, 2.05) is 6.07 Å². The van der Waals surface area contributed by atoms with Gasteiger partial charge in [0.05, 0.1) is 9.95 Å². The van der Waals surface area contributed by atoms with Crippen molar-refractivity contribution in [3.63, 3.8) is 0 Å². The molecule has 1 saturated heterocycles. The number of nitrogens with zero attached hydrogens (tertiary/aromatic N) is 3. The van der Waals surface area contributed by atoms with Gasteiger partial charge < -0.3 is 15.3 Å². The molecule has 2 aromatic rings. The van der Waals surface area contributed by atoms with Crippen LogP contribution >= 0.6 is 11.6 Å². The molecule has 1 fully saturated rings. The van der Waals surface area contributed by atoms with Crippen LogP contribution in [0.5, 0.6) is 5.75 Å². The zero-order valence-electron chi connectivity index (χ0n) is 13.5. The van der Waals surface area contributed by atoms with Crippen LogP contribution in [0.4, 0.5) is 10.5 Å². The first kappa shape index (κ1) is 17.2. The summed E-state index contributed by atoms with van der Waals surface area (Å²) in [6.45, 7) is 1.20. The van der Waals surface area contributed by atoms with Crippen molar-refractivity contribution in [3.05, 3.63) is 39.0 Å². The number of nitrogens with one attached hydrogen (secondary N) is 1. The smallest absolute Gasteiger partial charge is 0.317 e. The number of urea groups is 1. The van der Waals surface area contributed by atoms with Gasteiger partial charge in [0, 0.05) is 37.8 Å². The van der Waals surface area contributed by atoms with Crippen LogP contribution in [0.15, 0.2) is 18.3 Å². The number of aromatic hydroxyl groups is 1. The second kappa shape index (κ2) is 6.72. The number of likely N-dealkylation sites (tertiary alicyclic amines) is 1. The maximum Gasteiger partial charge on any atom is 0.317 e. The third-order valence-electron chi connectivity index (χ3n) is 4.58. The Hall–Kier alpha value is -2.61. The quantitative estimate of drug-likeness (QED) is 0.629. The van der Waals surface area contributed by atoms with Gasteiger partial charge in [-0.25, -0.2) is 4.79 Å². The van der Waals surface area contributed by atoms with E-state index in [0.29, 0.717) is 18.5 Å². The summed E-state index contributed by atoms with van der Waals surface area (Å²) in [5.74, 6) is -0.348. The Morgan fingerprint density at radius 1 is 1.48 bits per heavy atom. The highest BCUT2D eigenvalue weighted by Crippen LogP contribution is 2.42. The molecule has 3 rings (SSSR count). The van der Waals surface area contributed by atoms with E-state index in [0.717, 1.165) is 24.5 Å². The van der Waals surface area contributed by atoms with Crippen LogP contribution in [-0.2, 0) is 0 Å². The summed E-state index contributed by atoms with van der Waals surface area (Å²) in [7, 11) is 1.60. The number of phenols is 1. The van der Waals surface area contributed by atoms with Crippen molar-refractivity contribution in [2.75, 3.05) is 20.1 Å². The van der Waals surface area contributed by atoms with Crippen molar-refractivity contribution < 1.29 is 14.8 Å². The number of benzene rings is 1. The average Bonchev–Trinajstić information content (AvgIpc) is 2.63. The van der Waals surface area contributed by atoms with E-state index in [1.54, 1.807) is 11.9 Å². The number of pyridine rings is 1. The summed E-state index contributed by atoms with van der Waals surface area (Å²) in [6, 6.07) is 2.87. The maximum absolute atomic E-state index is 11.7. The number of phenolic OH excluding ortho intramolecular Hbond substituents is 1. The fourth-order valence-corrected chi connectivity index (χ4v) is 3.62. The number of fused-ring (bicyclic) bond motifs is 1. The minimum Gasteiger partial charge on any atom is -0.501 e. The Kier molecular flexibility index (Phi) is 4.63. The number of halogens is 1. The Morgan fingerprint density at radius 2 is 2.16 bits per heavy atom.